The molecule has 2 aromatic rings. The summed E-state index contributed by atoms with van der Waals surface area (Å²) >= 11 is 0. The third-order valence-electron chi connectivity index (χ3n) is 2.48. The van der Waals surface area contributed by atoms with Crippen LogP contribution in [0.5, 0.6) is 0 Å². The maximum absolute atomic E-state index is 4.30. The van der Waals surface area contributed by atoms with Crippen molar-refractivity contribution in [2.24, 2.45) is 0 Å². The predicted octanol–water partition coefficient (Wildman–Crippen LogP) is 1.88. The Morgan fingerprint density at radius 1 is 1.24 bits per heavy atom. The Balaban J connectivity index is 2.35. The number of aromatic nitrogens is 3. The van der Waals surface area contributed by atoms with Crippen molar-refractivity contribution >= 4 is 0 Å². The summed E-state index contributed by atoms with van der Waals surface area (Å²) in [5.74, 6) is 0.779. The van der Waals surface area contributed by atoms with Gasteiger partial charge in [0.1, 0.15) is 5.82 Å². The first-order valence-corrected chi connectivity index (χ1v) is 5.73. The standard InChI is InChI=1S/C13H16N4/c1-3-15-12(13-16-5-4-6-17-13)11-7-10(2)8-14-9-11/h4-9,12,15H,3H2,1-2H3. The van der Waals surface area contributed by atoms with Crippen LogP contribution in [0.1, 0.15) is 29.9 Å². The SMILES string of the molecule is CCNC(c1cncc(C)c1)c1ncccn1. The molecule has 4 heteroatoms. The van der Waals surface area contributed by atoms with Gasteiger partial charge in [0.15, 0.2) is 0 Å². The third kappa shape index (κ3) is 2.85. The van der Waals surface area contributed by atoms with Gasteiger partial charge in [-0.3, -0.25) is 4.98 Å². The van der Waals surface area contributed by atoms with E-state index in [2.05, 4.69) is 33.3 Å². The van der Waals surface area contributed by atoms with Crippen molar-refractivity contribution < 1.29 is 0 Å². The molecule has 1 N–H and O–H groups in total. The minimum Gasteiger partial charge on any atom is -0.304 e. The fraction of sp³-hybridized carbons (Fsp3) is 0.308. The molecule has 0 aromatic carbocycles. The van der Waals surface area contributed by atoms with E-state index in [-0.39, 0.29) is 6.04 Å². The summed E-state index contributed by atoms with van der Waals surface area (Å²) in [6, 6.07) is 3.94. The number of pyridine rings is 1. The number of rotatable bonds is 4. The zero-order chi connectivity index (χ0) is 12.1. The molecular weight excluding hydrogens is 212 g/mol. The van der Waals surface area contributed by atoms with Crippen LogP contribution in [0.15, 0.2) is 36.9 Å². The van der Waals surface area contributed by atoms with Crippen LogP contribution in [0.2, 0.25) is 0 Å². The Bertz CT molecular complexity index is 470. The molecule has 0 bridgehead atoms. The Hall–Kier alpha value is -1.81. The van der Waals surface area contributed by atoms with Crippen molar-refractivity contribution in [1.82, 2.24) is 20.3 Å². The summed E-state index contributed by atoms with van der Waals surface area (Å²) in [5, 5.41) is 3.38. The van der Waals surface area contributed by atoms with Gasteiger partial charge in [-0.25, -0.2) is 9.97 Å². The van der Waals surface area contributed by atoms with Gasteiger partial charge in [-0.15, -0.1) is 0 Å². The Kier molecular flexibility index (Phi) is 3.77. The van der Waals surface area contributed by atoms with Crippen LogP contribution in [-0.2, 0) is 0 Å². The number of hydrogen-bond donors (Lipinski definition) is 1. The highest BCUT2D eigenvalue weighted by atomic mass is 15.0. The smallest absolute Gasteiger partial charge is 0.149 e. The number of nitrogens with zero attached hydrogens (tertiary/aromatic N) is 3. The Morgan fingerprint density at radius 3 is 2.65 bits per heavy atom. The van der Waals surface area contributed by atoms with E-state index in [1.54, 1.807) is 12.4 Å². The van der Waals surface area contributed by atoms with E-state index in [1.807, 2.05) is 25.4 Å². The molecule has 1 unspecified atom stereocenters. The van der Waals surface area contributed by atoms with Crippen molar-refractivity contribution in [2.75, 3.05) is 6.54 Å². The number of nitrogens with one attached hydrogen (secondary N) is 1. The lowest BCUT2D eigenvalue weighted by Crippen LogP contribution is -2.24. The normalized spacial score (nSPS) is 12.4. The summed E-state index contributed by atoms with van der Waals surface area (Å²) in [6.07, 6.45) is 7.22. The lowest BCUT2D eigenvalue weighted by atomic mass is 10.1. The Labute approximate surface area is 101 Å². The van der Waals surface area contributed by atoms with Crippen LogP contribution in [-0.4, -0.2) is 21.5 Å². The van der Waals surface area contributed by atoms with Gasteiger partial charge in [-0.2, -0.15) is 0 Å². The lowest BCUT2D eigenvalue weighted by molar-refractivity contribution is 0.595. The topological polar surface area (TPSA) is 50.7 Å². The van der Waals surface area contributed by atoms with Crippen molar-refractivity contribution in [3.63, 3.8) is 0 Å². The molecule has 0 aliphatic carbocycles. The van der Waals surface area contributed by atoms with Gasteiger partial charge in [0.05, 0.1) is 6.04 Å². The van der Waals surface area contributed by atoms with Crippen LogP contribution < -0.4 is 5.32 Å². The molecule has 0 saturated carbocycles. The first-order valence-electron chi connectivity index (χ1n) is 5.73. The molecule has 88 valence electrons. The largest absolute Gasteiger partial charge is 0.304 e. The van der Waals surface area contributed by atoms with Gasteiger partial charge >= 0.3 is 0 Å². The van der Waals surface area contributed by atoms with Gasteiger partial charge in [-0.05, 0) is 30.7 Å². The van der Waals surface area contributed by atoms with Gasteiger partial charge < -0.3 is 5.32 Å². The maximum Gasteiger partial charge on any atom is 0.149 e. The number of hydrogen-bond acceptors (Lipinski definition) is 4. The highest BCUT2D eigenvalue weighted by molar-refractivity contribution is 5.25. The monoisotopic (exact) mass is 228 g/mol. The highest BCUT2D eigenvalue weighted by Crippen LogP contribution is 2.18. The van der Waals surface area contributed by atoms with Crippen LogP contribution in [0, 0.1) is 6.92 Å². The second-order valence-corrected chi connectivity index (χ2v) is 3.89. The molecule has 17 heavy (non-hydrogen) atoms. The maximum atomic E-state index is 4.30. The fourth-order valence-electron chi connectivity index (χ4n) is 1.76. The van der Waals surface area contributed by atoms with Crippen LogP contribution in [0.25, 0.3) is 0 Å². The highest BCUT2D eigenvalue weighted by Gasteiger charge is 2.15. The molecule has 2 heterocycles. The summed E-state index contributed by atoms with van der Waals surface area (Å²) < 4.78 is 0. The minimum atomic E-state index is 0.00796. The predicted molar refractivity (Wildman–Crippen MR) is 66.5 cm³/mol. The molecule has 1 atom stereocenters. The molecule has 0 amide bonds. The first kappa shape index (κ1) is 11.7. The molecule has 4 nitrogen and oxygen atoms in total. The quantitative estimate of drug-likeness (QED) is 0.868. The average Bonchev–Trinajstić information content (AvgIpc) is 2.37. The average molecular weight is 228 g/mol. The second-order valence-electron chi connectivity index (χ2n) is 3.89. The van der Waals surface area contributed by atoms with Crippen LogP contribution in [0.4, 0.5) is 0 Å². The van der Waals surface area contributed by atoms with E-state index >= 15 is 0 Å². The lowest BCUT2D eigenvalue weighted by Gasteiger charge is -2.16. The Morgan fingerprint density at radius 2 is 2.00 bits per heavy atom. The minimum absolute atomic E-state index is 0.00796. The van der Waals surface area contributed by atoms with Crippen LogP contribution in [0.3, 0.4) is 0 Å². The molecule has 2 aromatic heterocycles. The van der Waals surface area contributed by atoms with Crippen LogP contribution >= 0.6 is 0 Å². The van der Waals surface area contributed by atoms with E-state index in [9.17, 15) is 0 Å². The van der Waals surface area contributed by atoms with E-state index in [1.165, 1.54) is 0 Å². The molecule has 0 aliphatic heterocycles. The molecule has 0 fully saturated rings. The van der Waals surface area contributed by atoms with Crippen molar-refractivity contribution in [3.8, 4) is 0 Å². The van der Waals surface area contributed by atoms with Gasteiger partial charge in [0, 0.05) is 24.8 Å². The molecular formula is C13H16N4. The molecule has 0 aliphatic rings. The van der Waals surface area contributed by atoms with E-state index in [4.69, 9.17) is 0 Å². The summed E-state index contributed by atoms with van der Waals surface area (Å²) in [5.41, 5.74) is 2.24. The first-order chi connectivity index (χ1) is 8.31. The van der Waals surface area contributed by atoms with Gasteiger partial charge in [0.2, 0.25) is 0 Å². The summed E-state index contributed by atoms with van der Waals surface area (Å²) in [7, 11) is 0. The van der Waals surface area contributed by atoms with E-state index in [0.29, 0.717) is 0 Å². The van der Waals surface area contributed by atoms with E-state index < -0.39 is 0 Å². The van der Waals surface area contributed by atoms with Crippen molar-refractivity contribution in [2.45, 2.75) is 19.9 Å². The molecule has 0 saturated heterocycles. The molecule has 0 radical (unpaired) electrons. The second kappa shape index (κ2) is 5.50. The van der Waals surface area contributed by atoms with E-state index in [0.717, 1.165) is 23.5 Å². The van der Waals surface area contributed by atoms with Gasteiger partial charge in [0.25, 0.3) is 0 Å². The summed E-state index contributed by atoms with van der Waals surface area (Å²) in [6.45, 7) is 4.96. The molecule has 2 rings (SSSR count). The van der Waals surface area contributed by atoms with Crippen molar-refractivity contribution in [1.29, 1.82) is 0 Å². The van der Waals surface area contributed by atoms with Gasteiger partial charge in [-0.1, -0.05) is 13.0 Å². The molecule has 0 spiro atoms. The number of aryl methyl sites for hydroxylation is 1. The third-order valence-corrected chi connectivity index (χ3v) is 2.48. The zero-order valence-corrected chi connectivity index (χ0v) is 10.1. The van der Waals surface area contributed by atoms with Crippen molar-refractivity contribution in [3.05, 3.63) is 53.9 Å². The summed E-state index contributed by atoms with van der Waals surface area (Å²) in [4.78, 5) is 12.8. The zero-order valence-electron chi connectivity index (χ0n) is 10.1. The fourth-order valence-corrected chi connectivity index (χ4v) is 1.76.